The van der Waals surface area contributed by atoms with Gasteiger partial charge in [-0.2, -0.15) is 0 Å². The largest absolute Gasteiger partial charge is 0.250 e. The molecular formula is C12H11BrClNO2S2. The Hall–Kier alpha value is -0.400. The Labute approximate surface area is 129 Å². The van der Waals surface area contributed by atoms with Crippen molar-refractivity contribution >= 4 is 48.9 Å². The fourth-order valence-electron chi connectivity index (χ4n) is 1.50. The molecule has 7 heteroatoms. The predicted octanol–water partition coefficient (Wildman–Crippen LogP) is 3.69. The third-order valence-corrected chi connectivity index (χ3v) is 6.85. The molecule has 19 heavy (non-hydrogen) atoms. The SMILES string of the molecule is O=S(=O)(NCCc1ccccc1)c1cc(Cl)c(Br)s1. The van der Waals surface area contributed by atoms with Crippen molar-refractivity contribution in [3.05, 3.63) is 50.8 Å². The van der Waals surface area contributed by atoms with Crippen LogP contribution in [0.25, 0.3) is 0 Å². The molecule has 0 aliphatic heterocycles. The van der Waals surface area contributed by atoms with Gasteiger partial charge in [0.25, 0.3) is 0 Å². The molecular weight excluding hydrogens is 370 g/mol. The van der Waals surface area contributed by atoms with Crippen LogP contribution in [0, 0.1) is 0 Å². The van der Waals surface area contributed by atoms with E-state index in [1.54, 1.807) is 0 Å². The van der Waals surface area contributed by atoms with E-state index in [1.807, 2.05) is 30.3 Å². The van der Waals surface area contributed by atoms with Crippen LogP contribution < -0.4 is 4.72 Å². The molecule has 0 atom stereocenters. The maximum Gasteiger partial charge on any atom is 0.250 e. The summed E-state index contributed by atoms with van der Waals surface area (Å²) in [6, 6.07) is 11.2. The summed E-state index contributed by atoms with van der Waals surface area (Å²) in [6.07, 6.45) is 0.653. The van der Waals surface area contributed by atoms with Gasteiger partial charge in [-0.05, 0) is 34.0 Å². The Balaban J connectivity index is 1.99. The summed E-state index contributed by atoms with van der Waals surface area (Å²) in [6.45, 7) is 0.361. The van der Waals surface area contributed by atoms with Gasteiger partial charge in [-0.3, -0.25) is 0 Å². The summed E-state index contributed by atoms with van der Waals surface area (Å²) < 4.78 is 27.4. The minimum atomic E-state index is -3.48. The van der Waals surface area contributed by atoms with Gasteiger partial charge in [-0.25, -0.2) is 13.1 Å². The van der Waals surface area contributed by atoms with E-state index in [0.717, 1.165) is 16.9 Å². The first-order chi connectivity index (χ1) is 8.99. The quantitative estimate of drug-likeness (QED) is 0.860. The van der Waals surface area contributed by atoms with Crippen LogP contribution >= 0.6 is 38.9 Å². The van der Waals surface area contributed by atoms with Gasteiger partial charge in [0.1, 0.15) is 4.21 Å². The molecule has 0 bridgehead atoms. The highest BCUT2D eigenvalue weighted by Crippen LogP contribution is 2.34. The summed E-state index contributed by atoms with van der Waals surface area (Å²) in [5.41, 5.74) is 1.09. The van der Waals surface area contributed by atoms with Crippen LogP contribution in [-0.2, 0) is 16.4 Å². The number of sulfonamides is 1. The van der Waals surface area contributed by atoms with Gasteiger partial charge in [0.2, 0.25) is 10.0 Å². The lowest BCUT2D eigenvalue weighted by atomic mass is 10.2. The van der Waals surface area contributed by atoms with E-state index < -0.39 is 10.0 Å². The predicted molar refractivity (Wildman–Crippen MR) is 82.4 cm³/mol. The zero-order valence-corrected chi connectivity index (χ0v) is 13.7. The molecule has 2 aromatic rings. The molecule has 3 nitrogen and oxygen atoms in total. The van der Waals surface area contributed by atoms with E-state index in [1.165, 1.54) is 6.07 Å². The Kier molecular flexibility index (Phi) is 5.03. The second-order valence-corrected chi connectivity index (χ2v) is 8.59. The molecule has 1 aromatic carbocycles. The highest BCUT2D eigenvalue weighted by Gasteiger charge is 2.18. The van der Waals surface area contributed by atoms with Crippen molar-refractivity contribution in [2.75, 3.05) is 6.54 Å². The number of hydrogen-bond donors (Lipinski definition) is 1. The van der Waals surface area contributed by atoms with Gasteiger partial charge in [-0.15, -0.1) is 11.3 Å². The van der Waals surface area contributed by atoms with Crippen molar-refractivity contribution in [2.45, 2.75) is 10.6 Å². The third kappa shape index (κ3) is 4.03. The molecule has 0 fully saturated rings. The molecule has 0 aliphatic rings. The zero-order chi connectivity index (χ0) is 13.9. The minimum Gasteiger partial charge on any atom is -0.210 e. The lowest BCUT2D eigenvalue weighted by Crippen LogP contribution is -2.25. The van der Waals surface area contributed by atoms with Crippen molar-refractivity contribution in [3.63, 3.8) is 0 Å². The number of halogens is 2. The first-order valence-corrected chi connectivity index (χ1v) is 8.94. The summed E-state index contributed by atoms with van der Waals surface area (Å²) >= 11 is 10.1. The average Bonchev–Trinajstić information content (AvgIpc) is 2.72. The van der Waals surface area contributed by atoms with Gasteiger partial charge < -0.3 is 0 Å². The van der Waals surface area contributed by atoms with E-state index in [2.05, 4.69) is 20.7 Å². The van der Waals surface area contributed by atoms with Crippen LogP contribution in [0.1, 0.15) is 5.56 Å². The second kappa shape index (κ2) is 6.37. The van der Waals surface area contributed by atoms with Crippen molar-refractivity contribution in [2.24, 2.45) is 0 Å². The number of rotatable bonds is 5. The fraction of sp³-hybridized carbons (Fsp3) is 0.167. The Bertz CT molecular complexity index is 636. The van der Waals surface area contributed by atoms with E-state index in [-0.39, 0.29) is 4.21 Å². The standard InChI is InChI=1S/C12H11BrClNO2S2/c13-12-10(14)8-11(18-12)19(16,17)15-7-6-9-4-2-1-3-5-9/h1-5,8,15H,6-7H2. The smallest absolute Gasteiger partial charge is 0.210 e. The molecule has 0 aliphatic carbocycles. The topological polar surface area (TPSA) is 46.2 Å². The van der Waals surface area contributed by atoms with E-state index >= 15 is 0 Å². The van der Waals surface area contributed by atoms with Gasteiger partial charge in [0, 0.05) is 6.54 Å². The van der Waals surface area contributed by atoms with E-state index in [9.17, 15) is 8.42 Å². The van der Waals surface area contributed by atoms with Crippen LogP contribution in [0.3, 0.4) is 0 Å². The Morgan fingerprint density at radius 1 is 1.26 bits per heavy atom. The van der Waals surface area contributed by atoms with Crippen molar-refractivity contribution in [1.29, 1.82) is 0 Å². The average molecular weight is 381 g/mol. The molecule has 0 radical (unpaired) electrons. The van der Waals surface area contributed by atoms with Crippen molar-refractivity contribution in [3.8, 4) is 0 Å². The molecule has 0 unspecified atom stereocenters. The molecule has 2 rings (SSSR count). The number of nitrogens with one attached hydrogen (secondary N) is 1. The normalized spacial score (nSPS) is 11.7. The summed E-state index contributed by atoms with van der Waals surface area (Å²) in [4.78, 5) is 0. The van der Waals surface area contributed by atoms with Crippen LogP contribution in [0.4, 0.5) is 0 Å². The lowest BCUT2D eigenvalue weighted by molar-refractivity contribution is 0.584. The minimum absolute atomic E-state index is 0.220. The summed E-state index contributed by atoms with van der Waals surface area (Å²) in [7, 11) is -3.48. The highest BCUT2D eigenvalue weighted by atomic mass is 79.9. The summed E-state index contributed by atoms with van der Waals surface area (Å²) in [5, 5.41) is 0.411. The van der Waals surface area contributed by atoms with Crippen LogP contribution in [0.15, 0.2) is 44.4 Å². The molecule has 1 aromatic heterocycles. The van der Waals surface area contributed by atoms with Gasteiger partial charge >= 0.3 is 0 Å². The summed E-state index contributed by atoms with van der Waals surface area (Å²) in [5.74, 6) is 0. The first kappa shape index (κ1) is 15.0. The monoisotopic (exact) mass is 379 g/mol. The van der Waals surface area contributed by atoms with Crippen LogP contribution in [0.2, 0.25) is 5.02 Å². The van der Waals surface area contributed by atoms with Gasteiger partial charge in [-0.1, -0.05) is 41.9 Å². The molecule has 0 saturated carbocycles. The maximum atomic E-state index is 12.0. The van der Waals surface area contributed by atoms with Gasteiger partial charge in [0.05, 0.1) is 8.81 Å². The van der Waals surface area contributed by atoms with E-state index in [0.29, 0.717) is 21.8 Å². The number of hydrogen-bond acceptors (Lipinski definition) is 3. The van der Waals surface area contributed by atoms with Crippen molar-refractivity contribution in [1.82, 2.24) is 4.72 Å². The third-order valence-electron chi connectivity index (χ3n) is 2.44. The van der Waals surface area contributed by atoms with Crippen molar-refractivity contribution < 1.29 is 8.42 Å². The van der Waals surface area contributed by atoms with Crippen LogP contribution in [-0.4, -0.2) is 15.0 Å². The molecule has 0 saturated heterocycles. The van der Waals surface area contributed by atoms with E-state index in [4.69, 9.17) is 11.6 Å². The number of thiophene rings is 1. The molecule has 1 heterocycles. The molecule has 0 amide bonds. The first-order valence-electron chi connectivity index (χ1n) is 5.47. The Morgan fingerprint density at radius 3 is 2.53 bits per heavy atom. The second-order valence-electron chi connectivity index (χ2n) is 3.82. The fourth-order valence-corrected chi connectivity index (χ4v) is 4.98. The van der Waals surface area contributed by atoms with Gasteiger partial charge in [0.15, 0.2) is 0 Å². The molecule has 0 spiro atoms. The molecule has 102 valence electrons. The molecule has 1 N–H and O–H groups in total. The Morgan fingerprint density at radius 2 is 1.95 bits per heavy atom. The lowest BCUT2D eigenvalue weighted by Gasteiger charge is -2.04. The zero-order valence-electron chi connectivity index (χ0n) is 9.77. The number of benzene rings is 1. The maximum absolute atomic E-state index is 12.0. The van der Waals surface area contributed by atoms with Crippen LogP contribution in [0.5, 0.6) is 0 Å². The highest BCUT2D eigenvalue weighted by molar-refractivity contribution is 9.11.